The maximum Gasteiger partial charge on any atom is 1.00 e. The molecule has 0 amide bonds. The van der Waals surface area contributed by atoms with Crippen LogP contribution >= 0.6 is 0 Å². The third kappa shape index (κ3) is 10.4. The van der Waals surface area contributed by atoms with Crippen LogP contribution in [0.25, 0.3) is 0 Å². The van der Waals surface area contributed by atoms with E-state index in [9.17, 15) is 18.0 Å². The first-order chi connectivity index (χ1) is 6.79. The van der Waals surface area contributed by atoms with Crippen molar-refractivity contribution in [3.05, 3.63) is 0 Å². The van der Waals surface area contributed by atoms with Crippen molar-refractivity contribution in [1.82, 2.24) is 0 Å². The molecule has 0 saturated carbocycles. The van der Waals surface area contributed by atoms with Crippen molar-refractivity contribution in [3.8, 4) is 0 Å². The molecule has 11 heteroatoms. The summed E-state index contributed by atoms with van der Waals surface area (Å²) in [6.45, 7) is 1.43. The minimum atomic E-state index is -4.83. The third-order valence-electron chi connectivity index (χ3n) is 1.24. The van der Waals surface area contributed by atoms with Gasteiger partial charge in [-0.3, -0.25) is 14.2 Å². The third-order valence-corrected chi connectivity index (χ3v) is 2.32. The van der Waals surface area contributed by atoms with Crippen molar-refractivity contribution in [2.75, 3.05) is 6.61 Å². The van der Waals surface area contributed by atoms with Gasteiger partial charge in [0.1, 0.15) is 0 Å². The first-order valence-electron chi connectivity index (χ1n) is 3.80. The van der Waals surface area contributed by atoms with Gasteiger partial charge in [-0.05, 0) is 6.92 Å². The van der Waals surface area contributed by atoms with Crippen molar-refractivity contribution in [3.63, 3.8) is 0 Å². The van der Waals surface area contributed by atoms with E-state index in [4.69, 9.17) is 9.66 Å². The summed E-state index contributed by atoms with van der Waals surface area (Å²) in [5, 5.41) is 6.12. The summed E-state index contributed by atoms with van der Waals surface area (Å²) in [7, 11) is -4.83. The summed E-state index contributed by atoms with van der Waals surface area (Å²) in [6, 6.07) is 0. The van der Waals surface area contributed by atoms with Crippen LogP contribution in [0.2, 0.25) is 0 Å². The topological polar surface area (TPSA) is 127 Å². The molecule has 0 spiro atoms. The molecular formula is C6H12Na2O8S. The molecular weight excluding hydrogens is 278 g/mol. The van der Waals surface area contributed by atoms with Crippen LogP contribution in [0.4, 0.5) is 0 Å². The van der Waals surface area contributed by atoms with Gasteiger partial charge >= 0.3 is 71.1 Å². The average Bonchev–Trinajstić information content (AvgIpc) is 2.08. The average molecular weight is 290 g/mol. The fourth-order valence-electron chi connectivity index (χ4n) is 0.640. The molecule has 1 unspecified atom stereocenters. The standard InChI is InChI=1S/C6H10O8S.2Na.2H/c1-2-13-14-6(9)4(3-5(7)8)15(10,11)12;;;;/h4H,2-3H2,1H3,(H,7,8)(H,10,11,12);;;;/q;2*+1;2*-1. The van der Waals surface area contributed by atoms with Crippen LogP contribution in [-0.2, 0) is 29.5 Å². The molecule has 0 aromatic rings. The Hall–Kier alpha value is 0.810. The van der Waals surface area contributed by atoms with Crippen molar-refractivity contribution >= 4 is 22.1 Å². The summed E-state index contributed by atoms with van der Waals surface area (Å²) in [5.74, 6) is -3.03. The molecule has 0 fully saturated rings. The van der Waals surface area contributed by atoms with E-state index in [0.29, 0.717) is 0 Å². The van der Waals surface area contributed by atoms with E-state index in [1.165, 1.54) is 6.92 Å². The fourth-order valence-corrected chi connectivity index (χ4v) is 1.28. The van der Waals surface area contributed by atoms with E-state index in [1.807, 2.05) is 0 Å². The van der Waals surface area contributed by atoms with Gasteiger partial charge in [0.2, 0.25) is 0 Å². The monoisotopic (exact) mass is 290 g/mol. The second kappa shape index (κ2) is 10.7. The number of hydrogen-bond acceptors (Lipinski definition) is 6. The quantitative estimate of drug-likeness (QED) is 0.214. The number of hydrogen-bond donors (Lipinski definition) is 2. The molecule has 0 saturated heterocycles. The molecule has 0 rings (SSSR count). The van der Waals surface area contributed by atoms with Gasteiger partial charge in [-0.15, -0.1) is 0 Å². The Labute approximate surface area is 145 Å². The van der Waals surface area contributed by atoms with Gasteiger partial charge in [0.05, 0.1) is 13.0 Å². The number of carboxylic acid groups (broad SMARTS) is 1. The molecule has 17 heavy (non-hydrogen) atoms. The van der Waals surface area contributed by atoms with Gasteiger partial charge in [-0.25, -0.2) is 4.79 Å². The Bertz CT molecular complexity index is 349. The molecule has 1 atom stereocenters. The Balaban J connectivity index is -0.000000163. The molecule has 0 bridgehead atoms. The first kappa shape index (κ1) is 22.9. The van der Waals surface area contributed by atoms with Gasteiger partial charge in [0, 0.05) is 0 Å². The second-order valence-electron chi connectivity index (χ2n) is 2.41. The van der Waals surface area contributed by atoms with Crippen LogP contribution in [-0.4, -0.2) is 41.9 Å². The zero-order valence-corrected chi connectivity index (χ0v) is 14.6. The van der Waals surface area contributed by atoms with Crippen LogP contribution in [0.5, 0.6) is 0 Å². The first-order valence-corrected chi connectivity index (χ1v) is 5.30. The Morgan fingerprint density at radius 3 is 2.12 bits per heavy atom. The van der Waals surface area contributed by atoms with Crippen LogP contribution in [0.1, 0.15) is 16.2 Å². The molecule has 0 aliphatic heterocycles. The summed E-state index contributed by atoms with van der Waals surface area (Å²) in [5.41, 5.74) is 0. The van der Waals surface area contributed by atoms with Gasteiger partial charge in [-0.2, -0.15) is 13.3 Å². The Kier molecular flexibility index (Phi) is 14.5. The molecule has 0 aliphatic carbocycles. The van der Waals surface area contributed by atoms with Crippen LogP contribution in [0, 0.1) is 0 Å². The maximum atomic E-state index is 10.9. The van der Waals surface area contributed by atoms with Crippen molar-refractivity contribution in [2.45, 2.75) is 18.6 Å². The molecule has 8 nitrogen and oxygen atoms in total. The second-order valence-corrected chi connectivity index (χ2v) is 4.01. The van der Waals surface area contributed by atoms with Crippen molar-refractivity contribution in [2.24, 2.45) is 0 Å². The minimum absolute atomic E-state index is 0. The van der Waals surface area contributed by atoms with Crippen molar-refractivity contribution in [1.29, 1.82) is 0 Å². The van der Waals surface area contributed by atoms with Gasteiger partial charge in [0.25, 0.3) is 10.1 Å². The van der Waals surface area contributed by atoms with Gasteiger partial charge in [0.15, 0.2) is 5.25 Å². The van der Waals surface area contributed by atoms with E-state index in [1.54, 1.807) is 0 Å². The van der Waals surface area contributed by atoms with E-state index in [0.717, 1.165) is 0 Å². The normalized spacial score (nSPS) is 11.6. The van der Waals surface area contributed by atoms with E-state index >= 15 is 0 Å². The number of carboxylic acids is 1. The summed E-state index contributed by atoms with van der Waals surface area (Å²) in [4.78, 5) is 29.2. The molecule has 0 aromatic heterocycles. The van der Waals surface area contributed by atoms with E-state index < -0.39 is 33.7 Å². The smallest absolute Gasteiger partial charge is 1.00 e. The SMILES string of the molecule is CCOOC(=O)C(CC(=O)O)S(=O)(=O)O.[H-].[H-].[Na+].[Na+]. The fraction of sp³-hybridized carbons (Fsp3) is 0.667. The van der Waals surface area contributed by atoms with E-state index in [-0.39, 0.29) is 68.6 Å². The predicted molar refractivity (Wildman–Crippen MR) is 47.5 cm³/mol. The molecule has 2 N–H and O–H groups in total. The van der Waals surface area contributed by atoms with Gasteiger partial charge < -0.3 is 7.96 Å². The largest absolute Gasteiger partial charge is 1.00 e. The number of carbonyl (C=O) groups is 2. The van der Waals surface area contributed by atoms with Crippen LogP contribution < -0.4 is 59.1 Å². The number of aliphatic carboxylic acids is 1. The molecule has 0 aliphatic rings. The van der Waals surface area contributed by atoms with Gasteiger partial charge in [-0.1, -0.05) is 0 Å². The Morgan fingerprint density at radius 2 is 1.82 bits per heavy atom. The van der Waals surface area contributed by atoms with Crippen LogP contribution in [0.3, 0.4) is 0 Å². The van der Waals surface area contributed by atoms with Crippen LogP contribution in [0.15, 0.2) is 0 Å². The zero-order chi connectivity index (χ0) is 12.1. The number of carbonyl (C=O) groups excluding carboxylic acids is 1. The predicted octanol–water partition coefficient (Wildman–Crippen LogP) is -6.55. The summed E-state index contributed by atoms with van der Waals surface area (Å²) < 4.78 is 29.8. The maximum absolute atomic E-state index is 10.9. The van der Waals surface area contributed by atoms with E-state index in [2.05, 4.69) is 9.78 Å². The summed E-state index contributed by atoms with van der Waals surface area (Å²) >= 11 is 0. The molecule has 0 heterocycles. The number of rotatable bonds is 6. The molecule has 92 valence electrons. The molecule has 0 radical (unpaired) electrons. The van der Waals surface area contributed by atoms with Crippen molar-refractivity contribution < 1.29 is 99.4 Å². The Morgan fingerprint density at radius 1 is 1.35 bits per heavy atom. The molecule has 0 aromatic carbocycles. The zero-order valence-electron chi connectivity index (χ0n) is 11.7. The summed E-state index contributed by atoms with van der Waals surface area (Å²) in [6.07, 6.45) is -1.09. The minimum Gasteiger partial charge on any atom is -1.00 e.